The van der Waals surface area contributed by atoms with Crippen molar-refractivity contribution in [2.45, 2.75) is 44.1 Å². The van der Waals surface area contributed by atoms with Crippen LogP contribution in [0.25, 0.3) is 0 Å². The van der Waals surface area contributed by atoms with Gasteiger partial charge in [0.15, 0.2) is 0 Å². The van der Waals surface area contributed by atoms with Crippen LogP contribution in [0.4, 0.5) is 0 Å². The van der Waals surface area contributed by atoms with Crippen LogP contribution in [0.1, 0.15) is 44.1 Å². The van der Waals surface area contributed by atoms with Gasteiger partial charge < -0.3 is 4.74 Å². The number of hydrogen-bond donors (Lipinski definition) is 0. The lowest BCUT2D eigenvalue weighted by Gasteiger charge is -2.55. The van der Waals surface area contributed by atoms with Crippen LogP contribution in [-0.2, 0) is 0 Å². The Kier molecular flexibility index (Phi) is 3.36. The summed E-state index contributed by atoms with van der Waals surface area (Å²) in [5, 5.41) is 0. The van der Waals surface area contributed by atoms with E-state index in [2.05, 4.69) is 28.2 Å². The molecule has 5 rings (SSSR count). The summed E-state index contributed by atoms with van der Waals surface area (Å²) >= 11 is 3.54. The maximum atomic E-state index is 5.46. The number of aliphatic imine (C=N–C) groups is 1. The highest BCUT2D eigenvalue weighted by Crippen LogP contribution is 2.57. The molecule has 0 heterocycles. The molecule has 0 N–H and O–H groups in total. The molecule has 21 heavy (non-hydrogen) atoms. The van der Waals surface area contributed by atoms with Gasteiger partial charge in [0.1, 0.15) is 5.75 Å². The second-order valence-corrected chi connectivity index (χ2v) is 8.20. The van der Waals surface area contributed by atoms with Gasteiger partial charge in [-0.25, -0.2) is 0 Å². The van der Waals surface area contributed by atoms with Gasteiger partial charge in [-0.3, -0.25) is 4.99 Å². The van der Waals surface area contributed by atoms with E-state index in [9.17, 15) is 0 Å². The summed E-state index contributed by atoms with van der Waals surface area (Å²) in [6.45, 7) is 0. The van der Waals surface area contributed by atoms with Gasteiger partial charge in [-0.15, -0.1) is 0 Å². The lowest BCUT2D eigenvalue weighted by molar-refractivity contribution is 0.00194. The van der Waals surface area contributed by atoms with Crippen molar-refractivity contribution < 1.29 is 4.74 Å². The van der Waals surface area contributed by atoms with E-state index < -0.39 is 0 Å². The van der Waals surface area contributed by atoms with E-state index in [1.54, 1.807) is 7.11 Å². The lowest BCUT2D eigenvalue weighted by atomic mass is 9.53. The van der Waals surface area contributed by atoms with Crippen molar-refractivity contribution >= 4 is 22.1 Å². The summed E-state index contributed by atoms with van der Waals surface area (Å²) in [5.41, 5.74) is 1.32. The van der Waals surface area contributed by atoms with Crippen molar-refractivity contribution in [3.05, 3.63) is 28.2 Å². The van der Waals surface area contributed by atoms with Crippen LogP contribution in [0.3, 0.4) is 0 Å². The van der Waals surface area contributed by atoms with Crippen LogP contribution in [0.15, 0.2) is 27.7 Å². The van der Waals surface area contributed by atoms with Crippen LogP contribution in [-0.4, -0.2) is 18.9 Å². The summed E-state index contributed by atoms with van der Waals surface area (Å²) in [5.74, 6) is 3.74. The van der Waals surface area contributed by atoms with E-state index in [1.165, 1.54) is 38.5 Å². The molecule has 4 saturated carbocycles. The first-order valence-corrected chi connectivity index (χ1v) is 8.84. The topological polar surface area (TPSA) is 21.6 Å². The molecule has 4 bridgehead atoms. The smallest absolute Gasteiger partial charge is 0.127 e. The quantitative estimate of drug-likeness (QED) is 0.716. The maximum Gasteiger partial charge on any atom is 0.127 e. The normalized spacial score (nSPS) is 37.3. The number of rotatable bonds is 3. The van der Waals surface area contributed by atoms with Crippen LogP contribution < -0.4 is 4.74 Å². The highest BCUT2D eigenvalue weighted by Gasteiger charge is 2.50. The SMILES string of the molecule is COc1ccc(Br)cc1/C=N/C12CC3CC(CC(C3)C1)C2. The molecule has 0 atom stereocenters. The van der Waals surface area contributed by atoms with Gasteiger partial charge in [-0.05, 0) is 74.5 Å². The number of ether oxygens (including phenoxy) is 1. The van der Waals surface area contributed by atoms with Crippen molar-refractivity contribution in [1.29, 1.82) is 0 Å². The summed E-state index contributed by atoms with van der Waals surface area (Å²) < 4.78 is 6.54. The minimum absolute atomic E-state index is 0.238. The minimum atomic E-state index is 0.238. The fourth-order valence-corrected chi connectivity index (χ4v) is 5.61. The minimum Gasteiger partial charge on any atom is -0.496 e. The van der Waals surface area contributed by atoms with E-state index in [-0.39, 0.29) is 5.54 Å². The Bertz CT molecular complexity index is 545. The Morgan fingerprint density at radius 2 is 1.76 bits per heavy atom. The van der Waals surface area contributed by atoms with E-state index >= 15 is 0 Å². The first kappa shape index (κ1) is 13.8. The Labute approximate surface area is 135 Å². The molecule has 0 radical (unpaired) electrons. The fourth-order valence-electron chi connectivity index (χ4n) is 5.24. The number of benzene rings is 1. The van der Waals surface area contributed by atoms with Gasteiger partial charge in [0.2, 0.25) is 0 Å². The Morgan fingerprint density at radius 1 is 1.14 bits per heavy atom. The van der Waals surface area contributed by atoms with E-state index in [1.807, 2.05) is 12.1 Å². The van der Waals surface area contributed by atoms with Crippen molar-refractivity contribution in [2.75, 3.05) is 7.11 Å². The van der Waals surface area contributed by atoms with Crippen LogP contribution in [0.5, 0.6) is 5.75 Å². The van der Waals surface area contributed by atoms with Crippen molar-refractivity contribution in [2.24, 2.45) is 22.7 Å². The zero-order chi connectivity index (χ0) is 14.4. The third kappa shape index (κ3) is 2.54. The number of methoxy groups -OCH3 is 1. The second-order valence-electron chi connectivity index (χ2n) is 7.29. The van der Waals surface area contributed by atoms with Gasteiger partial charge in [0.25, 0.3) is 0 Å². The molecule has 4 fully saturated rings. The van der Waals surface area contributed by atoms with Crippen molar-refractivity contribution in [3.63, 3.8) is 0 Å². The van der Waals surface area contributed by atoms with Gasteiger partial charge in [0.05, 0.1) is 12.6 Å². The molecule has 1 aromatic rings. The average Bonchev–Trinajstić information content (AvgIpc) is 2.44. The summed E-state index contributed by atoms with van der Waals surface area (Å²) in [4.78, 5) is 5.11. The fraction of sp³-hybridized carbons (Fsp3) is 0.611. The molecule has 0 amide bonds. The molecule has 4 aliphatic rings. The predicted molar refractivity (Wildman–Crippen MR) is 89.2 cm³/mol. The van der Waals surface area contributed by atoms with E-state index in [4.69, 9.17) is 9.73 Å². The molecule has 1 aromatic carbocycles. The molecule has 112 valence electrons. The standard InChI is InChI=1S/C18H22BrNO/c1-21-17-3-2-16(19)7-15(17)11-20-18-8-12-4-13(9-18)6-14(5-12)10-18/h2-3,7,11-14H,4-6,8-10H2,1H3/b20-11+. The van der Waals surface area contributed by atoms with Crippen LogP contribution >= 0.6 is 15.9 Å². The van der Waals surface area contributed by atoms with E-state index in [0.717, 1.165) is 33.5 Å². The third-order valence-corrected chi connectivity index (χ3v) is 6.17. The van der Waals surface area contributed by atoms with Gasteiger partial charge in [-0.1, -0.05) is 15.9 Å². The monoisotopic (exact) mass is 347 g/mol. The largest absolute Gasteiger partial charge is 0.496 e. The molecule has 0 aromatic heterocycles. The first-order valence-electron chi connectivity index (χ1n) is 8.04. The van der Waals surface area contributed by atoms with Gasteiger partial charge >= 0.3 is 0 Å². The molecule has 0 spiro atoms. The van der Waals surface area contributed by atoms with E-state index in [0.29, 0.717) is 0 Å². The maximum absolute atomic E-state index is 5.46. The molecular weight excluding hydrogens is 326 g/mol. The predicted octanol–water partition coefficient (Wildman–Crippen LogP) is 4.85. The second kappa shape index (κ2) is 5.12. The zero-order valence-electron chi connectivity index (χ0n) is 12.5. The molecular formula is C18H22BrNO. The Morgan fingerprint density at radius 3 is 2.33 bits per heavy atom. The molecule has 4 aliphatic carbocycles. The Hall–Kier alpha value is -0.830. The summed E-state index contributed by atoms with van der Waals surface area (Å²) in [6, 6.07) is 6.12. The highest BCUT2D eigenvalue weighted by molar-refractivity contribution is 9.10. The zero-order valence-corrected chi connectivity index (χ0v) is 14.1. The molecule has 2 nitrogen and oxygen atoms in total. The van der Waals surface area contributed by atoms with Crippen molar-refractivity contribution in [1.82, 2.24) is 0 Å². The molecule has 3 heteroatoms. The lowest BCUT2D eigenvalue weighted by Crippen LogP contribution is -2.49. The van der Waals surface area contributed by atoms with Crippen molar-refractivity contribution in [3.8, 4) is 5.75 Å². The molecule has 0 unspecified atom stereocenters. The molecule has 0 saturated heterocycles. The number of hydrogen-bond acceptors (Lipinski definition) is 2. The number of halogens is 1. The Balaban J connectivity index is 1.62. The molecule has 0 aliphatic heterocycles. The summed E-state index contributed by atoms with van der Waals surface area (Å²) in [7, 11) is 1.73. The third-order valence-electron chi connectivity index (χ3n) is 5.68. The number of nitrogens with zero attached hydrogens (tertiary/aromatic N) is 1. The first-order chi connectivity index (χ1) is 10.2. The summed E-state index contributed by atoms with van der Waals surface area (Å²) in [6.07, 6.45) is 10.4. The van der Waals surface area contributed by atoms with Crippen LogP contribution in [0.2, 0.25) is 0 Å². The van der Waals surface area contributed by atoms with Crippen LogP contribution in [0, 0.1) is 17.8 Å². The van der Waals surface area contributed by atoms with Gasteiger partial charge in [-0.2, -0.15) is 0 Å². The average molecular weight is 348 g/mol. The highest BCUT2D eigenvalue weighted by atomic mass is 79.9. The van der Waals surface area contributed by atoms with Gasteiger partial charge in [0, 0.05) is 16.3 Å².